The summed E-state index contributed by atoms with van der Waals surface area (Å²) in [5.74, 6) is -0.0452. The lowest BCUT2D eigenvalue weighted by atomic mass is 10.1. The molecule has 0 fully saturated rings. The van der Waals surface area contributed by atoms with Crippen LogP contribution in [0.3, 0.4) is 0 Å². The highest BCUT2D eigenvalue weighted by Crippen LogP contribution is 2.30. The Hall–Kier alpha value is -4.37. The number of benzene rings is 3. The van der Waals surface area contributed by atoms with E-state index in [2.05, 4.69) is 10.3 Å². The van der Waals surface area contributed by atoms with Gasteiger partial charge in [-0.15, -0.1) is 0 Å². The van der Waals surface area contributed by atoms with Crippen LogP contribution in [0.4, 0.5) is 4.39 Å². The van der Waals surface area contributed by atoms with E-state index in [0.717, 1.165) is 28.5 Å². The molecule has 5 rings (SSSR count). The summed E-state index contributed by atoms with van der Waals surface area (Å²) in [5.41, 5.74) is 3.60. The number of carbonyl (C=O) groups is 1. The number of para-hydroxylation sites is 2. The predicted octanol–water partition coefficient (Wildman–Crippen LogP) is 4.94. The summed E-state index contributed by atoms with van der Waals surface area (Å²) in [5, 5.41) is 3.18. The van der Waals surface area contributed by atoms with E-state index in [1.165, 1.54) is 23.8 Å². The number of carbonyl (C=O) groups excluding carboxylic acids is 1. The first-order valence-corrected chi connectivity index (χ1v) is 12.5. The van der Waals surface area contributed by atoms with Gasteiger partial charge in [0.1, 0.15) is 22.6 Å². The topological polar surface area (TPSA) is 89.0 Å². The maximum atomic E-state index is 13.7. The van der Waals surface area contributed by atoms with Gasteiger partial charge in [0.2, 0.25) is 5.91 Å². The van der Waals surface area contributed by atoms with Gasteiger partial charge in [0.25, 0.3) is 5.56 Å². The average molecular weight is 515 g/mol. The summed E-state index contributed by atoms with van der Waals surface area (Å²) < 4.78 is 20.1. The Morgan fingerprint density at radius 1 is 1.05 bits per heavy atom. The largest absolute Gasteiger partial charge is 0.495 e. The number of aromatic amines is 1. The predicted molar refractivity (Wildman–Crippen MR) is 143 cm³/mol. The van der Waals surface area contributed by atoms with Gasteiger partial charge in [-0.1, -0.05) is 66.4 Å². The van der Waals surface area contributed by atoms with Crippen molar-refractivity contribution in [2.75, 3.05) is 12.9 Å². The van der Waals surface area contributed by atoms with Crippen LogP contribution in [0, 0.1) is 5.82 Å². The molecular formula is C28H23FN4O3S. The maximum absolute atomic E-state index is 13.7. The number of hydrogen-bond donors (Lipinski definition) is 2. The zero-order valence-corrected chi connectivity index (χ0v) is 20.7. The number of H-pyrrole nitrogens is 1. The molecule has 0 saturated carbocycles. The molecule has 0 atom stereocenters. The van der Waals surface area contributed by atoms with Crippen molar-refractivity contribution in [3.05, 3.63) is 107 Å². The van der Waals surface area contributed by atoms with Crippen LogP contribution in [0.1, 0.15) is 5.56 Å². The number of ether oxygens (including phenoxy) is 1. The van der Waals surface area contributed by atoms with Crippen molar-refractivity contribution in [1.29, 1.82) is 0 Å². The number of thioether (sulfide) groups is 1. The molecule has 0 saturated heterocycles. The maximum Gasteiger partial charge on any atom is 0.283 e. The van der Waals surface area contributed by atoms with Crippen molar-refractivity contribution in [3.8, 4) is 22.6 Å². The molecule has 2 heterocycles. The second kappa shape index (κ2) is 10.7. The van der Waals surface area contributed by atoms with Gasteiger partial charge in [0.05, 0.1) is 18.6 Å². The molecule has 0 spiro atoms. The monoisotopic (exact) mass is 514 g/mol. The van der Waals surface area contributed by atoms with Crippen molar-refractivity contribution in [2.24, 2.45) is 0 Å². The van der Waals surface area contributed by atoms with E-state index in [1.807, 2.05) is 42.5 Å². The molecular weight excluding hydrogens is 491 g/mol. The Balaban J connectivity index is 1.51. The Bertz CT molecular complexity index is 1610. The molecule has 3 aromatic carbocycles. The number of rotatable bonds is 8. The molecule has 186 valence electrons. The summed E-state index contributed by atoms with van der Waals surface area (Å²) in [6.07, 6.45) is 1.77. The zero-order chi connectivity index (χ0) is 25.8. The molecule has 1 amide bonds. The Morgan fingerprint density at radius 3 is 2.54 bits per heavy atom. The number of aromatic nitrogens is 3. The molecule has 2 aromatic heterocycles. The van der Waals surface area contributed by atoms with Crippen molar-refractivity contribution >= 4 is 28.7 Å². The van der Waals surface area contributed by atoms with Crippen molar-refractivity contribution in [1.82, 2.24) is 19.9 Å². The van der Waals surface area contributed by atoms with Crippen molar-refractivity contribution in [3.63, 3.8) is 0 Å². The third-order valence-corrected chi connectivity index (χ3v) is 6.75. The fourth-order valence-corrected chi connectivity index (χ4v) is 4.81. The zero-order valence-electron chi connectivity index (χ0n) is 19.9. The van der Waals surface area contributed by atoms with Crippen LogP contribution in [0.2, 0.25) is 0 Å². The summed E-state index contributed by atoms with van der Waals surface area (Å²) in [6, 6.07) is 22.8. The first-order valence-electron chi connectivity index (χ1n) is 11.5. The number of hydrogen-bond acceptors (Lipinski definition) is 5. The number of nitrogens with one attached hydrogen (secondary N) is 2. The summed E-state index contributed by atoms with van der Waals surface area (Å²) in [7, 11) is 1.54. The first-order chi connectivity index (χ1) is 18.0. The van der Waals surface area contributed by atoms with Gasteiger partial charge in [0, 0.05) is 18.3 Å². The standard InChI is InChI=1S/C28H23FN4O3S/c1-36-23-10-6-5-9-22(23)33-27(35)26-25(21(16-31-26)19-7-3-2-4-8-19)32-28(33)37-17-24(34)30-15-18-11-13-20(29)14-12-18/h2-14,16,31H,15,17H2,1H3,(H,30,34). The SMILES string of the molecule is COc1ccccc1-n1c(SCC(=O)NCc2ccc(F)cc2)nc2c(-c3ccccc3)c[nH]c2c1=O. The van der Waals surface area contributed by atoms with Gasteiger partial charge >= 0.3 is 0 Å². The second-order valence-corrected chi connectivity index (χ2v) is 9.13. The molecule has 7 nitrogen and oxygen atoms in total. The molecule has 9 heteroatoms. The van der Waals surface area contributed by atoms with Crippen LogP contribution in [-0.4, -0.2) is 33.3 Å². The van der Waals surface area contributed by atoms with Crippen molar-refractivity contribution in [2.45, 2.75) is 11.7 Å². The van der Waals surface area contributed by atoms with E-state index >= 15 is 0 Å². The minimum atomic E-state index is -0.332. The molecule has 37 heavy (non-hydrogen) atoms. The van der Waals surface area contributed by atoms with E-state index < -0.39 is 0 Å². The van der Waals surface area contributed by atoms with Crippen LogP contribution in [-0.2, 0) is 11.3 Å². The quantitative estimate of drug-likeness (QED) is 0.226. The van der Waals surface area contributed by atoms with Crippen LogP contribution in [0.25, 0.3) is 27.8 Å². The Morgan fingerprint density at radius 2 is 1.78 bits per heavy atom. The van der Waals surface area contributed by atoms with E-state index in [9.17, 15) is 14.0 Å². The third-order valence-electron chi connectivity index (χ3n) is 5.81. The highest BCUT2D eigenvalue weighted by Gasteiger charge is 2.20. The summed E-state index contributed by atoms with van der Waals surface area (Å²) >= 11 is 1.15. The van der Waals surface area contributed by atoms with E-state index in [-0.39, 0.29) is 29.6 Å². The van der Waals surface area contributed by atoms with E-state index in [0.29, 0.717) is 27.6 Å². The number of fused-ring (bicyclic) bond motifs is 1. The fraction of sp³-hybridized carbons (Fsp3) is 0.107. The third kappa shape index (κ3) is 5.12. The molecule has 0 aliphatic heterocycles. The van der Waals surface area contributed by atoms with Crippen LogP contribution < -0.4 is 15.6 Å². The lowest BCUT2D eigenvalue weighted by Crippen LogP contribution is -2.26. The Labute approximate surface area is 216 Å². The highest BCUT2D eigenvalue weighted by molar-refractivity contribution is 7.99. The Kier molecular flexibility index (Phi) is 7.04. The van der Waals surface area contributed by atoms with Gasteiger partial charge in [-0.25, -0.2) is 13.9 Å². The van der Waals surface area contributed by atoms with Gasteiger partial charge in [-0.05, 0) is 35.4 Å². The summed E-state index contributed by atoms with van der Waals surface area (Å²) in [6.45, 7) is 0.265. The minimum Gasteiger partial charge on any atom is -0.495 e. The lowest BCUT2D eigenvalue weighted by molar-refractivity contribution is -0.118. The minimum absolute atomic E-state index is 0.0272. The number of methoxy groups -OCH3 is 1. The van der Waals surface area contributed by atoms with Crippen LogP contribution in [0.5, 0.6) is 5.75 Å². The number of amides is 1. The average Bonchev–Trinajstić information content (AvgIpc) is 3.36. The fourth-order valence-electron chi connectivity index (χ4n) is 3.98. The van der Waals surface area contributed by atoms with Gasteiger partial charge in [-0.2, -0.15) is 0 Å². The molecule has 0 radical (unpaired) electrons. The van der Waals surface area contributed by atoms with Crippen LogP contribution in [0.15, 0.2) is 95.0 Å². The first kappa shape index (κ1) is 24.3. The second-order valence-electron chi connectivity index (χ2n) is 8.19. The molecule has 0 unspecified atom stereocenters. The van der Waals surface area contributed by atoms with Gasteiger partial charge in [-0.3, -0.25) is 9.59 Å². The molecule has 2 N–H and O–H groups in total. The molecule has 0 bridgehead atoms. The molecule has 5 aromatic rings. The van der Waals surface area contributed by atoms with Gasteiger partial charge in [0.15, 0.2) is 5.16 Å². The molecule has 0 aliphatic carbocycles. The smallest absolute Gasteiger partial charge is 0.283 e. The van der Waals surface area contributed by atoms with E-state index in [1.54, 1.807) is 30.5 Å². The highest BCUT2D eigenvalue weighted by atomic mass is 32.2. The molecule has 0 aliphatic rings. The number of nitrogens with zero attached hydrogens (tertiary/aromatic N) is 2. The van der Waals surface area contributed by atoms with Gasteiger partial charge < -0.3 is 15.0 Å². The summed E-state index contributed by atoms with van der Waals surface area (Å²) in [4.78, 5) is 34.3. The van der Waals surface area contributed by atoms with Crippen molar-refractivity contribution < 1.29 is 13.9 Å². The van der Waals surface area contributed by atoms with E-state index in [4.69, 9.17) is 9.72 Å². The van der Waals surface area contributed by atoms with Crippen LogP contribution >= 0.6 is 11.8 Å². The number of halogens is 1. The lowest BCUT2D eigenvalue weighted by Gasteiger charge is -2.15. The normalized spacial score (nSPS) is 11.0.